The minimum absolute atomic E-state index is 0.329. The van der Waals surface area contributed by atoms with Crippen molar-refractivity contribution < 1.29 is 29.0 Å². The van der Waals surface area contributed by atoms with E-state index >= 15 is 0 Å². The number of nitrogens with one attached hydrogen (secondary N) is 2. The topological polar surface area (TPSA) is 117 Å². The van der Waals surface area contributed by atoms with E-state index in [0.717, 1.165) is 0 Å². The van der Waals surface area contributed by atoms with Crippen LogP contribution in [-0.4, -0.2) is 64.2 Å². The Balaban J connectivity index is 1.50. The number of carbonyl (C=O) groups excluding carboxylic acids is 3. The van der Waals surface area contributed by atoms with E-state index in [1.165, 1.54) is 4.90 Å². The average Bonchev–Trinajstić information content (AvgIpc) is 3.54. The third-order valence-corrected chi connectivity index (χ3v) is 8.78. The highest BCUT2D eigenvalue weighted by molar-refractivity contribution is 6.33. The summed E-state index contributed by atoms with van der Waals surface area (Å²) in [6, 6.07) is 12.2. The third kappa shape index (κ3) is 4.37. The zero-order chi connectivity index (χ0) is 27.9. The second kappa shape index (κ2) is 10.4. The number of aliphatic hydroxyl groups is 1. The van der Waals surface area contributed by atoms with E-state index in [-0.39, 0.29) is 18.4 Å². The molecule has 0 aromatic heterocycles. The van der Waals surface area contributed by atoms with Crippen LogP contribution in [0.25, 0.3) is 0 Å². The summed E-state index contributed by atoms with van der Waals surface area (Å²) in [5, 5.41) is 16.2. The Kier molecular flexibility index (Phi) is 7.35. The summed E-state index contributed by atoms with van der Waals surface area (Å²) in [5.41, 5.74) is -1.10. The number of hydrogen-bond donors (Lipinski definition) is 3. The first-order valence-electron chi connectivity index (χ1n) is 13.4. The average molecular weight is 556 g/mol. The molecule has 0 aliphatic carbocycles. The molecule has 3 amide bonds. The van der Waals surface area contributed by atoms with Gasteiger partial charge in [-0.3, -0.25) is 14.4 Å². The fourth-order valence-electron chi connectivity index (χ4n) is 6.70. The molecule has 3 aliphatic rings. The van der Waals surface area contributed by atoms with Gasteiger partial charge in [0.25, 0.3) is 0 Å². The zero-order valence-electron chi connectivity index (χ0n) is 22.3. The van der Waals surface area contributed by atoms with Crippen molar-refractivity contribution in [3.05, 3.63) is 53.6 Å². The highest BCUT2D eigenvalue weighted by Crippen LogP contribution is 2.64. The minimum atomic E-state index is -1.21. The maximum Gasteiger partial charge on any atom is 0.250 e. The summed E-state index contributed by atoms with van der Waals surface area (Å²) in [6.45, 7) is 5.71. The van der Waals surface area contributed by atoms with Gasteiger partial charge in [-0.15, -0.1) is 0 Å². The van der Waals surface area contributed by atoms with Gasteiger partial charge in [0.2, 0.25) is 17.7 Å². The molecule has 2 unspecified atom stereocenters. The molecule has 3 aliphatic heterocycles. The van der Waals surface area contributed by atoms with Crippen LogP contribution in [0.3, 0.4) is 0 Å². The number of aliphatic hydroxyl groups excluding tert-OH is 1. The second-order valence-corrected chi connectivity index (χ2v) is 10.9. The van der Waals surface area contributed by atoms with E-state index in [1.54, 1.807) is 55.5 Å². The smallest absolute Gasteiger partial charge is 0.250 e. The van der Waals surface area contributed by atoms with Gasteiger partial charge in [0.05, 0.1) is 47.4 Å². The van der Waals surface area contributed by atoms with Gasteiger partial charge < -0.3 is 30.1 Å². The van der Waals surface area contributed by atoms with Gasteiger partial charge in [0.1, 0.15) is 17.4 Å². The fourth-order valence-corrected chi connectivity index (χ4v) is 6.88. The maximum atomic E-state index is 14.1. The molecule has 9 nitrogen and oxygen atoms in total. The van der Waals surface area contributed by atoms with Crippen LogP contribution in [0.5, 0.6) is 5.75 Å². The Morgan fingerprint density at radius 2 is 1.85 bits per heavy atom. The van der Waals surface area contributed by atoms with Crippen LogP contribution in [0.4, 0.5) is 11.4 Å². The zero-order valence-corrected chi connectivity index (χ0v) is 23.0. The van der Waals surface area contributed by atoms with E-state index in [9.17, 15) is 19.5 Å². The molecule has 6 atom stereocenters. The van der Waals surface area contributed by atoms with Crippen LogP contribution in [-0.2, 0) is 19.1 Å². The Labute approximate surface area is 232 Å². The Morgan fingerprint density at radius 3 is 2.49 bits per heavy atom. The molecule has 208 valence electrons. The first-order chi connectivity index (χ1) is 18.7. The van der Waals surface area contributed by atoms with E-state index in [2.05, 4.69) is 10.6 Å². The van der Waals surface area contributed by atoms with Crippen molar-refractivity contribution in [2.45, 2.75) is 63.3 Å². The quantitative estimate of drug-likeness (QED) is 0.433. The second-order valence-electron chi connectivity index (χ2n) is 10.5. The number of nitrogens with zero attached hydrogens (tertiary/aromatic N) is 1. The summed E-state index contributed by atoms with van der Waals surface area (Å²) < 4.78 is 12.2. The lowest BCUT2D eigenvalue weighted by atomic mass is 9.65. The number of fused-ring (bicyclic) bond motifs is 1. The van der Waals surface area contributed by atoms with E-state index in [0.29, 0.717) is 48.0 Å². The SMILES string of the molecule is CCOc1ccc(NC(=O)[C@@H]2[C@H]3C(=O)N([C@H](C)CO)C(C(=O)Nc4ccccc4Cl)C34CC[C@@]2(CC)O4)cc1. The molecule has 5 rings (SSSR count). The number of ether oxygens (including phenoxy) is 2. The first-order valence-corrected chi connectivity index (χ1v) is 13.8. The van der Waals surface area contributed by atoms with E-state index in [1.807, 2.05) is 13.8 Å². The number of rotatable bonds is 9. The monoisotopic (exact) mass is 555 g/mol. The predicted molar refractivity (Wildman–Crippen MR) is 147 cm³/mol. The van der Waals surface area contributed by atoms with Gasteiger partial charge in [-0.25, -0.2) is 0 Å². The van der Waals surface area contributed by atoms with Gasteiger partial charge in [-0.1, -0.05) is 30.7 Å². The predicted octanol–water partition coefficient (Wildman–Crippen LogP) is 3.85. The summed E-state index contributed by atoms with van der Waals surface area (Å²) in [6.07, 6.45) is 1.49. The van der Waals surface area contributed by atoms with Gasteiger partial charge >= 0.3 is 0 Å². The molecule has 3 saturated heterocycles. The van der Waals surface area contributed by atoms with E-state index < -0.39 is 41.0 Å². The Morgan fingerprint density at radius 1 is 1.13 bits per heavy atom. The molecule has 0 saturated carbocycles. The number of amides is 3. The third-order valence-electron chi connectivity index (χ3n) is 8.45. The summed E-state index contributed by atoms with van der Waals surface area (Å²) in [7, 11) is 0. The number of likely N-dealkylation sites (tertiary alicyclic amines) is 1. The molecule has 2 aromatic carbocycles. The van der Waals surface area contributed by atoms with Crippen molar-refractivity contribution in [2.75, 3.05) is 23.8 Å². The molecule has 2 bridgehead atoms. The van der Waals surface area contributed by atoms with Gasteiger partial charge in [0.15, 0.2) is 0 Å². The van der Waals surface area contributed by atoms with Crippen molar-refractivity contribution in [3.8, 4) is 5.75 Å². The summed E-state index contributed by atoms with van der Waals surface area (Å²) in [4.78, 5) is 43.2. The van der Waals surface area contributed by atoms with Crippen LogP contribution in [0, 0.1) is 11.8 Å². The molecule has 2 aromatic rings. The first kappa shape index (κ1) is 27.4. The van der Waals surface area contributed by atoms with Crippen LogP contribution in [0.15, 0.2) is 48.5 Å². The molecule has 3 heterocycles. The highest BCUT2D eigenvalue weighted by Gasteiger charge is 2.79. The van der Waals surface area contributed by atoms with Crippen molar-refractivity contribution >= 4 is 40.7 Å². The molecule has 10 heteroatoms. The molecule has 3 N–H and O–H groups in total. The Bertz CT molecular complexity index is 1270. The van der Waals surface area contributed by atoms with Crippen LogP contribution in [0.1, 0.15) is 40.0 Å². The van der Waals surface area contributed by atoms with Gasteiger partial charge in [-0.05, 0) is 69.5 Å². The lowest BCUT2D eigenvalue weighted by Gasteiger charge is -2.36. The van der Waals surface area contributed by atoms with Crippen molar-refractivity contribution in [1.29, 1.82) is 0 Å². The maximum absolute atomic E-state index is 14.1. The van der Waals surface area contributed by atoms with Gasteiger partial charge in [-0.2, -0.15) is 0 Å². The van der Waals surface area contributed by atoms with Crippen molar-refractivity contribution in [2.24, 2.45) is 11.8 Å². The largest absolute Gasteiger partial charge is 0.494 e. The molecule has 39 heavy (non-hydrogen) atoms. The normalized spacial score (nSPS) is 29.7. The number of para-hydroxylation sites is 1. The molecular weight excluding hydrogens is 522 g/mol. The minimum Gasteiger partial charge on any atom is -0.494 e. The van der Waals surface area contributed by atoms with Crippen LogP contribution < -0.4 is 15.4 Å². The van der Waals surface area contributed by atoms with Crippen molar-refractivity contribution in [3.63, 3.8) is 0 Å². The fraction of sp³-hybridized carbons (Fsp3) is 0.483. The summed E-state index contributed by atoms with van der Waals surface area (Å²) >= 11 is 6.30. The molecule has 1 spiro atoms. The lowest BCUT2D eigenvalue weighted by molar-refractivity contribution is -0.147. The van der Waals surface area contributed by atoms with E-state index in [4.69, 9.17) is 21.1 Å². The van der Waals surface area contributed by atoms with Crippen molar-refractivity contribution in [1.82, 2.24) is 4.90 Å². The number of benzene rings is 2. The number of carbonyl (C=O) groups is 3. The van der Waals surface area contributed by atoms with Crippen LogP contribution >= 0.6 is 11.6 Å². The van der Waals surface area contributed by atoms with Crippen LogP contribution in [0.2, 0.25) is 5.02 Å². The highest BCUT2D eigenvalue weighted by atomic mass is 35.5. The Hall–Kier alpha value is -3.14. The summed E-state index contributed by atoms with van der Waals surface area (Å²) in [5.74, 6) is -2.14. The molecule has 3 fully saturated rings. The molecule has 0 radical (unpaired) electrons. The lowest BCUT2D eigenvalue weighted by Crippen LogP contribution is -2.55. The number of halogens is 1. The number of anilines is 2. The van der Waals surface area contributed by atoms with Gasteiger partial charge in [0, 0.05) is 5.69 Å². The number of hydrogen-bond acceptors (Lipinski definition) is 6. The standard InChI is InChI=1S/C29H34ClN3O6/c1-4-28-14-15-29(39-28)23(22(28)25(35)31-18-10-12-19(13-11-18)38-5-2)27(37)33(17(3)16-34)24(29)26(36)32-21-9-7-6-8-20(21)30/h6-13,17,22-24,34H,4-5,14-16H2,1-3H3,(H,31,35)(H,32,36)/t17-,22+,23+,24?,28-,29?/m1/s1. The molecular formula is C29H34ClN3O6.